The minimum Gasteiger partial charge on any atom is -0.355 e. The molecule has 1 atom stereocenters. The first-order chi connectivity index (χ1) is 9.06. The van der Waals surface area contributed by atoms with Gasteiger partial charge in [-0.3, -0.25) is 9.59 Å². The highest BCUT2D eigenvalue weighted by Gasteiger charge is 2.14. The van der Waals surface area contributed by atoms with Crippen molar-refractivity contribution in [2.24, 2.45) is 0 Å². The van der Waals surface area contributed by atoms with Crippen molar-refractivity contribution in [3.63, 3.8) is 0 Å². The second kappa shape index (κ2) is 7.17. The molecule has 100 valence electrons. The molecule has 0 bridgehead atoms. The van der Waals surface area contributed by atoms with Crippen molar-refractivity contribution < 1.29 is 9.59 Å². The van der Waals surface area contributed by atoms with Gasteiger partial charge in [-0.15, -0.1) is 0 Å². The maximum Gasteiger partial charge on any atom is 0.242 e. The SMILES string of the molecule is CCNC(=O)C(C)NC(=O)Cc1ccc(C#N)cc1. The van der Waals surface area contributed by atoms with Crippen LogP contribution < -0.4 is 10.6 Å². The normalized spacial score (nSPS) is 11.2. The van der Waals surface area contributed by atoms with Crippen molar-refractivity contribution >= 4 is 11.8 Å². The van der Waals surface area contributed by atoms with Crippen LogP contribution in [0.5, 0.6) is 0 Å². The van der Waals surface area contributed by atoms with E-state index in [4.69, 9.17) is 5.26 Å². The minimum absolute atomic E-state index is 0.190. The number of likely N-dealkylation sites (N-methyl/N-ethyl adjacent to an activating group) is 1. The summed E-state index contributed by atoms with van der Waals surface area (Å²) in [4.78, 5) is 23.2. The predicted molar refractivity (Wildman–Crippen MR) is 71.1 cm³/mol. The third-order valence-electron chi connectivity index (χ3n) is 2.57. The van der Waals surface area contributed by atoms with Crippen molar-refractivity contribution in [1.82, 2.24) is 10.6 Å². The van der Waals surface area contributed by atoms with Gasteiger partial charge in [0.2, 0.25) is 11.8 Å². The zero-order valence-corrected chi connectivity index (χ0v) is 11.1. The van der Waals surface area contributed by atoms with Crippen LogP contribution in [0.15, 0.2) is 24.3 Å². The molecule has 2 N–H and O–H groups in total. The molecule has 1 unspecified atom stereocenters. The van der Waals surface area contributed by atoms with Crippen molar-refractivity contribution in [3.8, 4) is 6.07 Å². The van der Waals surface area contributed by atoms with Crippen LogP contribution in [0.3, 0.4) is 0 Å². The fourth-order valence-electron chi connectivity index (χ4n) is 1.57. The summed E-state index contributed by atoms with van der Waals surface area (Å²) in [5.41, 5.74) is 1.36. The van der Waals surface area contributed by atoms with E-state index in [1.165, 1.54) is 0 Å². The number of hydrogen-bond donors (Lipinski definition) is 2. The van der Waals surface area contributed by atoms with Crippen molar-refractivity contribution in [1.29, 1.82) is 5.26 Å². The topological polar surface area (TPSA) is 82.0 Å². The van der Waals surface area contributed by atoms with Crippen LogP contribution in [-0.2, 0) is 16.0 Å². The number of benzene rings is 1. The third-order valence-corrected chi connectivity index (χ3v) is 2.57. The molecule has 1 aromatic carbocycles. The first-order valence-electron chi connectivity index (χ1n) is 6.13. The summed E-state index contributed by atoms with van der Waals surface area (Å²) in [6.07, 6.45) is 0.190. The molecule has 5 heteroatoms. The number of amides is 2. The molecule has 0 aromatic heterocycles. The maximum absolute atomic E-state index is 11.7. The fourth-order valence-corrected chi connectivity index (χ4v) is 1.57. The molecule has 0 fully saturated rings. The Labute approximate surface area is 112 Å². The van der Waals surface area contributed by atoms with E-state index in [1.54, 1.807) is 31.2 Å². The average Bonchev–Trinajstić information content (AvgIpc) is 2.39. The largest absolute Gasteiger partial charge is 0.355 e. The third kappa shape index (κ3) is 4.80. The number of carbonyl (C=O) groups is 2. The van der Waals surface area contributed by atoms with Crippen LogP contribution in [0.1, 0.15) is 25.0 Å². The van der Waals surface area contributed by atoms with Gasteiger partial charge in [0.1, 0.15) is 6.04 Å². The van der Waals surface area contributed by atoms with E-state index in [1.807, 2.05) is 13.0 Å². The summed E-state index contributed by atoms with van der Waals surface area (Å²) in [7, 11) is 0. The molecule has 0 aliphatic rings. The second-order valence-electron chi connectivity index (χ2n) is 4.17. The van der Waals surface area contributed by atoms with Crippen molar-refractivity contribution in [3.05, 3.63) is 35.4 Å². The Morgan fingerprint density at radius 1 is 1.32 bits per heavy atom. The second-order valence-corrected chi connectivity index (χ2v) is 4.17. The lowest BCUT2D eigenvalue weighted by Gasteiger charge is -2.13. The van der Waals surface area contributed by atoms with Crippen LogP contribution in [0.25, 0.3) is 0 Å². The number of hydrogen-bond acceptors (Lipinski definition) is 3. The number of rotatable bonds is 5. The summed E-state index contributed by atoms with van der Waals surface area (Å²) in [6, 6.07) is 8.25. The highest BCUT2D eigenvalue weighted by atomic mass is 16.2. The molecule has 2 amide bonds. The summed E-state index contributed by atoms with van der Waals surface area (Å²) in [6.45, 7) is 4.00. The summed E-state index contributed by atoms with van der Waals surface area (Å²) in [5.74, 6) is -0.417. The van der Waals surface area contributed by atoms with Gasteiger partial charge in [0.05, 0.1) is 18.1 Å². The van der Waals surface area contributed by atoms with Gasteiger partial charge in [0.25, 0.3) is 0 Å². The zero-order chi connectivity index (χ0) is 14.3. The lowest BCUT2D eigenvalue weighted by atomic mass is 10.1. The van der Waals surface area contributed by atoms with Crippen LogP contribution in [0.2, 0.25) is 0 Å². The molecule has 5 nitrogen and oxygen atoms in total. The smallest absolute Gasteiger partial charge is 0.242 e. The molecule has 19 heavy (non-hydrogen) atoms. The summed E-state index contributed by atoms with van der Waals surface area (Å²) in [5, 5.41) is 13.9. The highest BCUT2D eigenvalue weighted by molar-refractivity contribution is 5.88. The quantitative estimate of drug-likeness (QED) is 0.818. The van der Waals surface area contributed by atoms with Gasteiger partial charge in [-0.2, -0.15) is 5.26 Å². The lowest BCUT2D eigenvalue weighted by Crippen LogP contribution is -2.45. The van der Waals surface area contributed by atoms with Crippen molar-refractivity contribution in [2.45, 2.75) is 26.3 Å². The highest BCUT2D eigenvalue weighted by Crippen LogP contribution is 2.04. The standard InChI is InChI=1S/C14H17N3O2/c1-3-16-14(19)10(2)17-13(18)8-11-4-6-12(9-15)7-5-11/h4-7,10H,3,8H2,1-2H3,(H,16,19)(H,17,18). The van der Waals surface area contributed by atoms with Crippen LogP contribution in [0, 0.1) is 11.3 Å². The fraction of sp³-hybridized carbons (Fsp3) is 0.357. The Morgan fingerprint density at radius 3 is 2.47 bits per heavy atom. The van der Waals surface area contributed by atoms with E-state index < -0.39 is 6.04 Å². The number of nitriles is 1. The van der Waals surface area contributed by atoms with Gasteiger partial charge in [0.15, 0.2) is 0 Å². The molecular weight excluding hydrogens is 242 g/mol. The number of nitrogens with zero attached hydrogens (tertiary/aromatic N) is 1. The summed E-state index contributed by atoms with van der Waals surface area (Å²) >= 11 is 0. The monoisotopic (exact) mass is 259 g/mol. The Balaban J connectivity index is 2.50. The molecule has 0 spiro atoms. The molecule has 1 rings (SSSR count). The van der Waals surface area contributed by atoms with Crippen LogP contribution in [0.4, 0.5) is 0 Å². The van der Waals surface area contributed by atoms with Gasteiger partial charge in [-0.1, -0.05) is 12.1 Å². The molecule has 0 heterocycles. The minimum atomic E-state index is -0.550. The molecule has 0 aliphatic carbocycles. The first-order valence-corrected chi connectivity index (χ1v) is 6.13. The Morgan fingerprint density at radius 2 is 1.95 bits per heavy atom. The lowest BCUT2D eigenvalue weighted by molar-refractivity contribution is -0.128. The predicted octanol–water partition coefficient (Wildman–Crippen LogP) is 0.742. The van der Waals surface area contributed by atoms with E-state index in [0.29, 0.717) is 12.1 Å². The van der Waals surface area contributed by atoms with Crippen molar-refractivity contribution in [2.75, 3.05) is 6.54 Å². The molecule has 1 aromatic rings. The van der Waals surface area contributed by atoms with Gasteiger partial charge in [-0.25, -0.2) is 0 Å². The van der Waals surface area contributed by atoms with E-state index in [9.17, 15) is 9.59 Å². The zero-order valence-electron chi connectivity index (χ0n) is 11.1. The Bertz CT molecular complexity index is 488. The summed E-state index contributed by atoms with van der Waals surface area (Å²) < 4.78 is 0. The number of carbonyl (C=O) groups excluding carboxylic acids is 2. The maximum atomic E-state index is 11.7. The van der Waals surface area contributed by atoms with Gasteiger partial charge in [-0.05, 0) is 31.5 Å². The average molecular weight is 259 g/mol. The Hall–Kier alpha value is -2.35. The first kappa shape index (κ1) is 14.7. The molecule has 0 saturated heterocycles. The van der Waals surface area contributed by atoms with Crippen LogP contribution >= 0.6 is 0 Å². The van der Waals surface area contributed by atoms with E-state index in [2.05, 4.69) is 10.6 Å². The van der Waals surface area contributed by atoms with Gasteiger partial charge in [0, 0.05) is 6.54 Å². The van der Waals surface area contributed by atoms with E-state index >= 15 is 0 Å². The van der Waals surface area contributed by atoms with E-state index in [0.717, 1.165) is 5.56 Å². The molecule has 0 aliphatic heterocycles. The van der Waals surface area contributed by atoms with Gasteiger partial charge < -0.3 is 10.6 Å². The van der Waals surface area contributed by atoms with E-state index in [-0.39, 0.29) is 18.2 Å². The molecule has 0 saturated carbocycles. The van der Waals surface area contributed by atoms with Crippen LogP contribution in [-0.4, -0.2) is 24.4 Å². The number of nitrogens with one attached hydrogen (secondary N) is 2. The Kier molecular flexibility index (Phi) is 5.55. The molecule has 0 radical (unpaired) electrons. The van der Waals surface area contributed by atoms with Gasteiger partial charge >= 0.3 is 0 Å². The molecular formula is C14H17N3O2.